The van der Waals surface area contributed by atoms with Gasteiger partial charge < -0.3 is 9.30 Å². The van der Waals surface area contributed by atoms with Crippen molar-refractivity contribution >= 4 is 5.90 Å². The minimum Gasteiger partial charge on any atom is -0.474 e. The van der Waals surface area contributed by atoms with Gasteiger partial charge in [-0.2, -0.15) is 0 Å². The van der Waals surface area contributed by atoms with Crippen LogP contribution >= 0.6 is 0 Å². The highest BCUT2D eigenvalue weighted by atomic mass is 16.5. The summed E-state index contributed by atoms with van der Waals surface area (Å²) in [6.07, 6.45) is 3.20. The molecular weight excluding hydrogens is 296 g/mol. The minimum absolute atomic E-state index is 0.297. The normalized spacial score (nSPS) is 17.2. The van der Waals surface area contributed by atoms with Crippen molar-refractivity contribution in [2.75, 3.05) is 6.61 Å². The van der Waals surface area contributed by atoms with Gasteiger partial charge in [0.2, 0.25) is 5.90 Å². The van der Waals surface area contributed by atoms with Crippen LogP contribution < -0.4 is 0 Å². The van der Waals surface area contributed by atoms with Crippen LogP contribution in [0, 0.1) is 26.7 Å². The van der Waals surface area contributed by atoms with Crippen molar-refractivity contribution in [3.63, 3.8) is 0 Å². The molecule has 0 spiro atoms. The highest BCUT2D eigenvalue weighted by molar-refractivity contribution is 5.93. The smallest absolute Gasteiger partial charge is 0.233 e. The number of aryl methyl sites for hydroxylation is 3. The van der Waals surface area contributed by atoms with Crippen molar-refractivity contribution in [2.24, 2.45) is 10.9 Å². The lowest BCUT2D eigenvalue weighted by molar-refractivity contribution is 0.300. The van der Waals surface area contributed by atoms with E-state index in [-0.39, 0.29) is 0 Å². The summed E-state index contributed by atoms with van der Waals surface area (Å²) < 4.78 is 8.15. The van der Waals surface area contributed by atoms with Crippen molar-refractivity contribution in [2.45, 2.75) is 53.6 Å². The van der Waals surface area contributed by atoms with Crippen LogP contribution in [0.2, 0.25) is 0 Å². The molecule has 1 aromatic heterocycles. The lowest BCUT2D eigenvalue weighted by Crippen LogP contribution is -2.12. The SMILES string of the molecule is Cc1cc(C)c(Cn2cccc2C2=N[C@H](CC(C)C)CO2)c(C)c1. The van der Waals surface area contributed by atoms with Crippen molar-refractivity contribution in [3.05, 3.63) is 58.4 Å². The lowest BCUT2D eigenvalue weighted by atomic mass is 10.00. The topological polar surface area (TPSA) is 26.5 Å². The summed E-state index contributed by atoms with van der Waals surface area (Å²) in [4.78, 5) is 4.81. The first-order chi connectivity index (χ1) is 11.4. The van der Waals surface area contributed by atoms with Crippen LogP contribution in [-0.4, -0.2) is 23.1 Å². The Labute approximate surface area is 145 Å². The van der Waals surface area contributed by atoms with Gasteiger partial charge in [-0.1, -0.05) is 31.5 Å². The Bertz CT molecular complexity index is 732. The van der Waals surface area contributed by atoms with E-state index < -0.39 is 0 Å². The Morgan fingerprint density at radius 1 is 1.21 bits per heavy atom. The van der Waals surface area contributed by atoms with Crippen LogP contribution in [0.25, 0.3) is 0 Å². The monoisotopic (exact) mass is 324 g/mol. The molecule has 0 aliphatic carbocycles. The molecule has 128 valence electrons. The van der Waals surface area contributed by atoms with Gasteiger partial charge in [0.1, 0.15) is 12.3 Å². The lowest BCUT2D eigenvalue weighted by Gasteiger charge is -2.14. The first-order valence-electron chi connectivity index (χ1n) is 8.87. The van der Waals surface area contributed by atoms with Crippen LogP contribution in [0.5, 0.6) is 0 Å². The third kappa shape index (κ3) is 3.55. The minimum atomic E-state index is 0.297. The van der Waals surface area contributed by atoms with Crippen molar-refractivity contribution in [3.8, 4) is 0 Å². The van der Waals surface area contributed by atoms with Crippen molar-refractivity contribution in [1.82, 2.24) is 4.57 Å². The molecule has 0 unspecified atom stereocenters. The van der Waals surface area contributed by atoms with Crippen molar-refractivity contribution in [1.29, 1.82) is 0 Å². The van der Waals surface area contributed by atoms with E-state index in [0.717, 1.165) is 24.6 Å². The van der Waals surface area contributed by atoms with Crippen LogP contribution in [0.4, 0.5) is 0 Å². The predicted molar refractivity (Wildman–Crippen MR) is 99.9 cm³/mol. The summed E-state index contributed by atoms with van der Waals surface area (Å²) in [6.45, 7) is 12.6. The third-order valence-corrected chi connectivity index (χ3v) is 4.67. The summed E-state index contributed by atoms with van der Waals surface area (Å²) in [5.74, 6) is 1.44. The Kier molecular flexibility index (Phi) is 4.79. The summed E-state index contributed by atoms with van der Waals surface area (Å²) in [7, 11) is 0. The number of aromatic nitrogens is 1. The summed E-state index contributed by atoms with van der Waals surface area (Å²) in [5, 5.41) is 0. The number of hydrogen-bond donors (Lipinski definition) is 0. The Balaban J connectivity index is 1.85. The van der Waals surface area contributed by atoms with E-state index in [1.54, 1.807) is 0 Å². The molecule has 0 saturated heterocycles. The molecule has 24 heavy (non-hydrogen) atoms. The summed E-state index contributed by atoms with van der Waals surface area (Å²) >= 11 is 0. The molecule has 0 saturated carbocycles. The zero-order chi connectivity index (χ0) is 17.3. The Morgan fingerprint density at radius 2 is 1.92 bits per heavy atom. The van der Waals surface area contributed by atoms with Crippen LogP contribution in [0.15, 0.2) is 35.5 Å². The standard InChI is InChI=1S/C21H28N2O/c1-14(2)9-18-13-24-21(22-18)20-7-6-8-23(20)12-19-16(4)10-15(3)11-17(19)5/h6-8,10-11,14,18H,9,12-13H2,1-5H3/t18-/m1/s1. The summed E-state index contributed by atoms with van der Waals surface area (Å²) in [5.41, 5.74) is 6.48. The quantitative estimate of drug-likeness (QED) is 0.786. The molecule has 0 fully saturated rings. The molecule has 1 aliphatic rings. The fourth-order valence-electron chi connectivity index (χ4n) is 3.60. The van der Waals surface area contributed by atoms with E-state index in [1.165, 1.54) is 22.3 Å². The molecule has 1 aliphatic heterocycles. The fraction of sp³-hybridized carbons (Fsp3) is 0.476. The third-order valence-electron chi connectivity index (χ3n) is 4.67. The van der Waals surface area contributed by atoms with Gasteiger partial charge in [0.15, 0.2) is 0 Å². The zero-order valence-corrected chi connectivity index (χ0v) is 15.5. The molecular formula is C21H28N2O. The van der Waals surface area contributed by atoms with E-state index in [1.807, 2.05) is 0 Å². The number of hydrogen-bond acceptors (Lipinski definition) is 2. The predicted octanol–water partition coefficient (Wildman–Crippen LogP) is 4.65. The highest BCUT2D eigenvalue weighted by Gasteiger charge is 2.23. The van der Waals surface area contributed by atoms with Crippen LogP contribution in [0.3, 0.4) is 0 Å². The molecule has 2 aromatic rings. The first-order valence-corrected chi connectivity index (χ1v) is 8.87. The van der Waals surface area contributed by atoms with Gasteiger partial charge in [-0.15, -0.1) is 0 Å². The van der Waals surface area contributed by atoms with Crippen LogP contribution in [0.1, 0.15) is 48.2 Å². The number of aliphatic imine (C=N–C) groups is 1. The maximum Gasteiger partial charge on any atom is 0.233 e. The summed E-state index contributed by atoms with van der Waals surface area (Å²) in [6, 6.07) is 9.00. The van der Waals surface area contributed by atoms with E-state index in [9.17, 15) is 0 Å². The van der Waals surface area contributed by atoms with Crippen molar-refractivity contribution < 1.29 is 4.74 Å². The zero-order valence-electron chi connectivity index (χ0n) is 15.5. The van der Waals surface area contributed by atoms with Gasteiger partial charge >= 0.3 is 0 Å². The average molecular weight is 324 g/mol. The number of ether oxygens (including phenoxy) is 1. The molecule has 0 bridgehead atoms. The van der Waals surface area contributed by atoms with E-state index in [0.29, 0.717) is 18.6 Å². The second-order valence-electron chi connectivity index (χ2n) is 7.43. The van der Waals surface area contributed by atoms with Gasteiger partial charge in [0.25, 0.3) is 0 Å². The largest absolute Gasteiger partial charge is 0.474 e. The van der Waals surface area contributed by atoms with Gasteiger partial charge in [0, 0.05) is 12.7 Å². The molecule has 1 atom stereocenters. The fourth-order valence-corrected chi connectivity index (χ4v) is 3.60. The number of benzene rings is 1. The van der Waals surface area contributed by atoms with Gasteiger partial charge in [-0.3, -0.25) is 0 Å². The maximum absolute atomic E-state index is 5.90. The molecule has 3 heteroatoms. The maximum atomic E-state index is 5.90. The molecule has 0 N–H and O–H groups in total. The van der Waals surface area contributed by atoms with Gasteiger partial charge in [-0.05, 0) is 61.9 Å². The molecule has 2 heterocycles. The molecule has 1 aromatic carbocycles. The van der Waals surface area contributed by atoms with E-state index in [4.69, 9.17) is 9.73 Å². The second-order valence-corrected chi connectivity index (χ2v) is 7.43. The molecule has 0 radical (unpaired) electrons. The van der Waals surface area contributed by atoms with E-state index in [2.05, 4.69) is 69.6 Å². The highest BCUT2D eigenvalue weighted by Crippen LogP contribution is 2.21. The van der Waals surface area contributed by atoms with Crippen LogP contribution in [-0.2, 0) is 11.3 Å². The molecule has 3 rings (SSSR count). The second kappa shape index (κ2) is 6.84. The average Bonchev–Trinajstić information content (AvgIpc) is 3.10. The molecule has 0 amide bonds. The first kappa shape index (κ1) is 16.8. The number of rotatable bonds is 5. The van der Waals surface area contributed by atoms with Gasteiger partial charge in [0.05, 0.1) is 6.04 Å². The Hall–Kier alpha value is -2.03. The van der Waals surface area contributed by atoms with E-state index >= 15 is 0 Å². The Morgan fingerprint density at radius 3 is 2.58 bits per heavy atom. The molecule has 3 nitrogen and oxygen atoms in total. The number of nitrogens with zero attached hydrogens (tertiary/aromatic N) is 2. The van der Waals surface area contributed by atoms with Gasteiger partial charge in [-0.25, -0.2) is 4.99 Å².